The third kappa shape index (κ3) is 3.87. The lowest BCUT2D eigenvalue weighted by Gasteiger charge is -2.11. The van der Waals surface area contributed by atoms with Gasteiger partial charge in [-0.15, -0.1) is 0 Å². The van der Waals surface area contributed by atoms with E-state index in [1.807, 2.05) is 30.3 Å². The molecule has 0 amide bonds. The Balaban J connectivity index is 2.29. The van der Waals surface area contributed by atoms with Crippen molar-refractivity contribution in [2.75, 3.05) is 24.7 Å². The summed E-state index contributed by atoms with van der Waals surface area (Å²) < 4.78 is 25.1. The molecule has 0 aliphatic heterocycles. The molecule has 112 valence electrons. The molecule has 1 aromatic heterocycles. The summed E-state index contributed by atoms with van der Waals surface area (Å²) in [6.07, 6.45) is 0. The molecule has 8 heteroatoms. The van der Waals surface area contributed by atoms with Crippen molar-refractivity contribution in [3.63, 3.8) is 0 Å². The largest absolute Gasteiger partial charge is 0.389 e. The van der Waals surface area contributed by atoms with Gasteiger partial charge in [0.15, 0.2) is 0 Å². The number of rotatable bonds is 6. The lowest BCUT2D eigenvalue weighted by Crippen LogP contribution is -2.27. The molecule has 0 spiro atoms. The van der Waals surface area contributed by atoms with Crippen molar-refractivity contribution < 1.29 is 8.42 Å². The van der Waals surface area contributed by atoms with Crippen LogP contribution >= 0.6 is 12.2 Å². The molecular weight excluding hydrogens is 308 g/mol. The first-order valence-electron chi connectivity index (χ1n) is 6.27. The van der Waals surface area contributed by atoms with Crippen LogP contribution in [0.3, 0.4) is 0 Å². The fraction of sp³-hybridized carbons (Fsp3) is 0.231. The summed E-state index contributed by atoms with van der Waals surface area (Å²) >= 11 is 5.03. The summed E-state index contributed by atoms with van der Waals surface area (Å²) in [4.78, 5) is 4.66. The molecule has 0 bridgehead atoms. The first kappa shape index (κ1) is 15.6. The second-order valence-corrected chi connectivity index (χ2v) is 6.88. The molecule has 4 N–H and O–H groups in total. The Bertz CT molecular complexity index is 775. The van der Waals surface area contributed by atoms with Crippen molar-refractivity contribution in [2.24, 2.45) is 5.73 Å². The molecule has 1 aromatic carbocycles. The molecule has 0 aliphatic rings. The van der Waals surface area contributed by atoms with E-state index in [0.717, 1.165) is 10.9 Å². The van der Waals surface area contributed by atoms with Crippen molar-refractivity contribution >= 4 is 44.0 Å². The minimum atomic E-state index is -3.27. The Morgan fingerprint density at radius 3 is 2.76 bits per heavy atom. The van der Waals surface area contributed by atoms with Crippen LogP contribution in [0.2, 0.25) is 0 Å². The summed E-state index contributed by atoms with van der Waals surface area (Å²) in [5.74, 6) is 0.432. The predicted molar refractivity (Wildman–Crippen MR) is 89.0 cm³/mol. The van der Waals surface area contributed by atoms with Crippen LogP contribution in [-0.4, -0.2) is 37.7 Å². The zero-order valence-corrected chi connectivity index (χ0v) is 13.1. The number of aromatic nitrogens is 1. The molecule has 6 nitrogen and oxygen atoms in total. The number of nitrogens with one attached hydrogen (secondary N) is 2. The van der Waals surface area contributed by atoms with E-state index < -0.39 is 10.0 Å². The highest BCUT2D eigenvalue weighted by Gasteiger charge is 2.11. The van der Waals surface area contributed by atoms with Gasteiger partial charge in [0.05, 0.1) is 16.8 Å². The van der Waals surface area contributed by atoms with Crippen LogP contribution in [0, 0.1) is 0 Å². The van der Waals surface area contributed by atoms with Gasteiger partial charge in [0.1, 0.15) is 10.8 Å². The number of fused-ring (bicyclic) bond motifs is 1. The molecule has 1 heterocycles. The molecule has 2 aromatic rings. The SMILES string of the molecule is CNS(=O)(=O)CCNc1nc2ccccc2cc1C(N)=S. The minimum Gasteiger partial charge on any atom is -0.389 e. The summed E-state index contributed by atoms with van der Waals surface area (Å²) in [5, 5.41) is 3.90. The average Bonchev–Trinajstić information content (AvgIpc) is 2.46. The summed E-state index contributed by atoms with van der Waals surface area (Å²) in [7, 11) is -1.89. The number of benzene rings is 1. The van der Waals surface area contributed by atoms with E-state index in [1.54, 1.807) is 0 Å². The number of pyridine rings is 1. The van der Waals surface area contributed by atoms with E-state index in [0.29, 0.717) is 11.4 Å². The van der Waals surface area contributed by atoms with Crippen molar-refractivity contribution in [3.8, 4) is 0 Å². The first-order valence-corrected chi connectivity index (χ1v) is 8.33. The van der Waals surface area contributed by atoms with Crippen molar-refractivity contribution in [2.45, 2.75) is 0 Å². The second-order valence-electron chi connectivity index (χ2n) is 4.39. The number of anilines is 1. The molecule has 0 atom stereocenters. The second kappa shape index (κ2) is 6.33. The quantitative estimate of drug-likeness (QED) is 0.681. The van der Waals surface area contributed by atoms with Gasteiger partial charge in [-0.2, -0.15) is 0 Å². The number of nitrogens with two attached hydrogens (primary N) is 1. The maximum Gasteiger partial charge on any atom is 0.213 e. The molecule has 21 heavy (non-hydrogen) atoms. The monoisotopic (exact) mass is 324 g/mol. The zero-order valence-electron chi connectivity index (χ0n) is 11.5. The highest BCUT2D eigenvalue weighted by atomic mass is 32.2. The third-order valence-corrected chi connectivity index (χ3v) is 4.55. The zero-order chi connectivity index (χ0) is 15.5. The standard InChI is InChI=1S/C13H16N4O2S2/c1-15-21(18,19)7-6-16-13-10(12(14)20)8-9-4-2-3-5-11(9)17-13/h2-5,8,15H,6-7H2,1H3,(H2,14,20)(H,16,17). The Kier molecular flexibility index (Phi) is 4.71. The van der Waals surface area contributed by atoms with Crippen LogP contribution in [0.5, 0.6) is 0 Å². The van der Waals surface area contributed by atoms with Gasteiger partial charge in [-0.05, 0) is 19.2 Å². The topological polar surface area (TPSA) is 97.1 Å². The van der Waals surface area contributed by atoms with Crippen molar-refractivity contribution in [1.29, 1.82) is 0 Å². The van der Waals surface area contributed by atoms with Gasteiger partial charge in [-0.3, -0.25) is 0 Å². The van der Waals surface area contributed by atoms with Gasteiger partial charge in [0.2, 0.25) is 10.0 Å². The number of sulfonamides is 1. The van der Waals surface area contributed by atoms with Crippen LogP contribution in [0.1, 0.15) is 5.56 Å². The lowest BCUT2D eigenvalue weighted by molar-refractivity contribution is 0.588. The van der Waals surface area contributed by atoms with Gasteiger partial charge < -0.3 is 11.1 Å². The van der Waals surface area contributed by atoms with Crippen LogP contribution in [-0.2, 0) is 10.0 Å². The maximum absolute atomic E-state index is 11.4. The van der Waals surface area contributed by atoms with E-state index in [2.05, 4.69) is 15.0 Å². The normalized spacial score (nSPS) is 11.5. The molecule has 0 unspecified atom stereocenters. The molecule has 2 rings (SSSR count). The van der Waals surface area contributed by atoms with E-state index in [1.165, 1.54) is 7.05 Å². The van der Waals surface area contributed by atoms with E-state index in [9.17, 15) is 8.42 Å². The Hall–Kier alpha value is -1.77. The Morgan fingerprint density at radius 2 is 2.10 bits per heavy atom. The maximum atomic E-state index is 11.4. The van der Waals surface area contributed by atoms with Crippen LogP contribution < -0.4 is 15.8 Å². The van der Waals surface area contributed by atoms with Crippen molar-refractivity contribution in [3.05, 3.63) is 35.9 Å². The van der Waals surface area contributed by atoms with Crippen LogP contribution in [0.4, 0.5) is 5.82 Å². The van der Waals surface area contributed by atoms with Gasteiger partial charge >= 0.3 is 0 Å². The predicted octanol–water partition coefficient (Wildman–Crippen LogP) is 0.830. The highest BCUT2D eigenvalue weighted by molar-refractivity contribution is 7.89. The van der Waals surface area contributed by atoms with Crippen LogP contribution in [0.15, 0.2) is 30.3 Å². The fourth-order valence-electron chi connectivity index (χ4n) is 1.84. The van der Waals surface area contributed by atoms with Gasteiger partial charge in [-0.1, -0.05) is 30.4 Å². The minimum absolute atomic E-state index is 0.0607. The number of hydrogen-bond donors (Lipinski definition) is 3. The fourth-order valence-corrected chi connectivity index (χ4v) is 2.57. The van der Waals surface area contributed by atoms with E-state index in [4.69, 9.17) is 18.0 Å². The third-order valence-electron chi connectivity index (χ3n) is 2.96. The Labute approximate surface area is 128 Å². The van der Waals surface area contributed by atoms with Gasteiger partial charge in [0.25, 0.3) is 0 Å². The van der Waals surface area contributed by atoms with Gasteiger partial charge in [-0.25, -0.2) is 18.1 Å². The van der Waals surface area contributed by atoms with E-state index in [-0.39, 0.29) is 17.3 Å². The molecule has 0 radical (unpaired) electrons. The summed E-state index contributed by atoms with van der Waals surface area (Å²) in [5.41, 5.74) is 7.10. The number of thiocarbonyl (C=S) groups is 1. The summed E-state index contributed by atoms with van der Waals surface area (Å²) in [6.45, 7) is 0.212. The molecule has 0 aliphatic carbocycles. The Morgan fingerprint density at radius 1 is 1.38 bits per heavy atom. The molecular formula is C13H16N4O2S2. The van der Waals surface area contributed by atoms with Crippen molar-refractivity contribution in [1.82, 2.24) is 9.71 Å². The van der Waals surface area contributed by atoms with Crippen LogP contribution in [0.25, 0.3) is 10.9 Å². The molecule has 0 saturated carbocycles. The van der Waals surface area contributed by atoms with E-state index >= 15 is 0 Å². The number of hydrogen-bond acceptors (Lipinski definition) is 5. The first-order chi connectivity index (χ1) is 9.93. The van der Waals surface area contributed by atoms with Gasteiger partial charge in [0, 0.05) is 11.9 Å². The molecule has 0 fully saturated rings. The average molecular weight is 324 g/mol. The number of nitrogens with zero attached hydrogens (tertiary/aromatic N) is 1. The smallest absolute Gasteiger partial charge is 0.213 e. The lowest BCUT2D eigenvalue weighted by atomic mass is 10.1. The highest BCUT2D eigenvalue weighted by Crippen LogP contribution is 2.20. The number of para-hydroxylation sites is 1. The molecule has 0 saturated heterocycles. The summed E-state index contributed by atoms with van der Waals surface area (Å²) in [6, 6.07) is 9.41.